The molecule has 0 aliphatic carbocycles. The molecule has 0 aromatic rings. The first-order valence-corrected chi connectivity index (χ1v) is 6.24. The minimum atomic E-state index is -0.904. The highest BCUT2D eigenvalue weighted by Gasteiger charge is 2.31. The van der Waals surface area contributed by atoms with Crippen LogP contribution in [0.4, 0.5) is 0 Å². The molecule has 0 saturated carbocycles. The van der Waals surface area contributed by atoms with Crippen molar-refractivity contribution in [1.82, 2.24) is 10.2 Å². The number of nitrogens with one attached hydrogen (secondary N) is 1. The van der Waals surface area contributed by atoms with Crippen LogP contribution in [0.1, 0.15) is 33.1 Å². The van der Waals surface area contributed by atoms with Gasteiger partial charge in [-0.05, 0) is 12.3 Å². The Kier molecular flexibility index (Phi) is 5.12. The van der Waals surface area contributed by atoms with Gasteiger partial charge in [-0.25, -0.2) is 0 Å². The van der Waals surface area contributed by atoms with Crippen molar-refractivity contribution < 1.29 is 19.5 Å². The van der Waals surface area contributed by atoms with Crippen LogP contribution in [0.2, 0.25) is 0 Å². The van der Waals surface area contributed by atoms with Crippen molar-refractivity contribution in [3.63, 3.8) is 0 Å². The molecule has 2 atom stereocenters. The quantitative estimate of drug-likeness (QED) is 0.737. The van der Waals surface area contributed by atoms with Crippen molar-refractivity contribution in [3.8, 4) is 0 Å². The molecular weight excluding hydrogens is 236 g/mol. The molecule has 2 unspecified atom stereocenters. The number of aliphatic carboxylic acids is 1. The minimum Gasteiger partial charge on any atom is -0.481 e. The van der Waals surface area contributed by atoms with E-state index in [0.717, 1.165) is 0 Å². The van der Waals surface area contributed by atoms with Gasteiger partial charge in [0.25, 0.3) is 0 Å². The average molecular weight is 256 g/mol. The maximum absolute atomic E-state index is 12.1. The molecule has 0 spiro atoms. The van der Waals surface area contributed by atoms with Crippen molar-refractivity contribution in [2.75, 3.05) is 13.1 Å². The van der Waals surface area contributed by atoms with Crippen molar-refractivity contribution in [3.05, 3.63) is 0 Å². The van der Waals surface area contributed by atoms with Gasteiger partial charge in [0, 0.05) is 25.9 Å². The van der Waals surface area contributed by atoms with Gasteiger partial charge in [0.1, 0.15) is 6.04 Å². The normalized spacial score (nSPS) is 21.3. The van der Waals surface area contributed by atoms with Gasteiger partial charge < -0.3 is 15.3 Å². The van der Waals surface area contributed by atoms with E-state index in [1.807, 2.05) is 6.92 Å². The molecule has 18 heavy (non-hydrogen) atoms. The van der Waals surface area contributed by atoms with E-state index >= 15 is 0 Å². The lowest BCUT2D eigenvalue weighted by atomic mass is 10.0. The average Bonchev–Trinajstić information content (AvgIpc) is 2.27. The number of carboxylic acid groups (broad SMARTS) is 1. The Morgan fingerprint density at radius 3 is 2.72 bits per heavy atom. The van der Waals surface area contributed by atoms with Gasteiger partial charge >= 0.3 is 5.97 Å². The first-order valence-electron chi connectivity index (χ1n) is 6.24. The van der Waals surface area contributed by atoms with Gasteiger partial charge in [-0.1, -0.05) is 13.8 Å². The lowest BCUT2D eigenvalue weighted by molar-refractivity contribution is -0.144. The Hall–Kier alpha value is -1.59. The second kappa shape index (κ2) is 6.37. The molecule has 1 rings (SSSR count). The third kappa shape index (κ3) is 3.72. The summed E-state index contributed by atoms with van der Waals surface area (Å²) in [6, 6.07) is -0.414. The van der Waals surface area contributed by atoms with Crippen LogP contribution in [0.25, 0.3) is 0 Å². The van der Waals surface area contributed by atoms with Crippen molar-refractivity contribution in [2.24, 2.45) is 5.92 Å². The molecule has 0 bridgehead atoms. The zero-order chi connectivity index (χ0) is 13.7. The molecule has 1 heterocycles. The number of amides is 2. The van der Waals surface area contributed by atoms with E-state index < -0.39 is 12.0 Å². The van der Waals surface area contributed by atoms with E-state index in [2.05, 4.69) is 5.32 Å². The molecule has 2 N–H and O–H groups in total. The zero-order valence-corrected chi connectivity index (χ0v) is 10.8. The first kappa shape index (κ1) is 14.5. The molecule has 6 nitrogen and oxygen atoms in total. The van der Waals surface area contributed by atoms with Gasteiger partial charge in [-0.15, -0.1) is 0 Å². The fourth-order valence-electron chi connectivity index (χ4n) is 2.20. The molecule has 0 aromatic heterocycles. The van der Waals surface area contributed by atoms with E-state index in [4.69, 9.17) is 5.11 Å². The van der Waals surface area contributed by atoms with E-state index in [0.29, 0.717) is 19.5 Å². The molecule has 1 aliphatic heterocycles. The Labute approximate surface area is 106 Å². The summed E-state index contributed by atoms with van der Waals surface area (Å²) in [5.41, 5.74) is 0. The summed E-state index contributed by atoms with van der Waals surface area (Å²) in [5.74, 6) is -1.37. The highest BCUT2D eigenvalue weighted by atomic mass is 16.4. The van der Waals surface area contributed by atoms with Crippen LogP contribution >= 0.6 is 0 Å². The lowest BCUT2D eigenvalue weighted by Gasteiger charge is -2.35. The van der Waals surface area contributed by atoms with E-state index in [9.17, 15) is 14.4 Å². The van der Waals surface area contributed by atoms with Gasteiger partial charge in [0.15, 0.2) is 0 Å². The largest absolute Gasteiger partial charge is 0.481 e. The number of hydrogen-bond acceptors (Lipinski definition) is 3. The third-order valence-electron chi connectivity index (χ3n) is 3.08. The Morgan fingerprint density at radius 2 is 2.17 bits per heavy atom. The molecule has 2 amide bonds. The third-order valence-corrected chi connectivity index (χ3v) is 3.08. The maximum atomic E-state index is 12.1. The summed E-state index contributed by atoms with van der Waals surface area (Å²) in [6.07, 6.45) is 0.726. The van der Waals surface area contributed by atoms with Crippen LogP contribution in [0.5, 0.6) is 0 Å². The Balaban J connectivity index is 2.59. The predicted molar refractivity (Wildman–Crippen MR) is 64.8 cm³/mol. The van der Waals surface area contributed by atoms with E-state index in [-0.39, 0.29) is 30.6 Å². The number of hydrogen-bond donors (Lipinski definition) is 2. The monoisotopic (exact) mass is 256 g/mol. The Bertz CT molecular complexity index is 343. The topological polar surface area (TPSA) is 86.7 Å². The molecule has 0 aromatic carbocycles. The SMILES string of the molecule is CCC1C(=O)NCCN1C(=O)CC(C)CC(=O)O. The standard InChI is InChI=1S/C12H20N2O4/c1-3-9-12(18)13-4-5-14(9)10(15)6-8(2)7-11(16)17/h8-9H,3-7H2,1-2H3,(H,13,18)(H,16,17). The number of rotatable bonds is 5. The lowest BCUT2D eigenvalue weighted by Crippen LogP contribution is -2.57. The van der Waals surface area contributed by atoms with Crippen LogP contribution in [-0.4, -0.2) is 46.9 Å². The molecule has 1 aliphatic rings. The number of carbonyl (C=O) groups excluding carboxylic acids is 2. The zero-order valence-electron chi connectivity index (χ0n) is 10.8. The van der Waals surface area contributed by atoms with E-state index in [1.165, 1.54) is 0 Å². The minimum absolute atomic E-state index is 0.0252. The van der Waals surface area contributed by atoms with Crippen molar-refractivity contribution in [1.29, 1.82) is 0 Å². The second-order valence-corrected chi connectivity index (χ2v) is 4.71. The fraction of sp³-hybridized carbons (Fsp3) is 0.750. The summed E-state index contributed by atoms with van der Waals surface area (Å²) < 4.78 is 0. The van der Waals surface area contributed by atoms with Crippen LogP contribution in [0.15, 0.2) is 0 Å². The second-order valence-electron chi connectivity index (χ2n) is 4.71. The molecular formula is C12H20N2O4. The molecule has 102 valence electrons. The van der Waals surface area contributed by atoms with Crippen LogP contribution < -0.4 is 5.32 Å². The van der Waals surface area contributed by atoms with Crippen LogP contribution in [0.3, 0.4) is 0 Å². The summed E-state index contributed by atoms with van der Waals surface area (Å²) in [7, 11) is 0. The predicted octanol–water partition coefficient (Wildman–Crippen LogP) is 0.224. The van der Waals surface area contributed by atoms with Crippen LogP contribution in [0, 0.1) is 5.92 Å². The highest BCUT2D eigenvalue weighted by Crippen LogP contribution is 2.15. The van der Waals surface area contributed by atoms with E-state index in [1.54, 1.807) is 11.8 Å². The number of carbonyl (C=O) groups is 3. The van der Waals surface area contributed by atoms with Gasteiger partial charge in [0.2, 0.25) is 11.8 Å². The number of nitrogens with zero attached hydrogens (tertiary/aromatic N) is 1. The van der Waals surface area contributed by atoms with Gasteiger partial charge in [0.05, 0.1) is 0 Å². The smallest absolute Gasteiger partial charge is 0.303 e. The van der Waals surface area contributed by atoms with Crippen LogP contribution in [-0.2, 0) is 14.4 Å². The highest BCUT2D eigenvalue weighted by molar-refractivity contribution is 5.88. The number of piperazine rings is 1. The number of carboxylic acids is 1. The summed E-state index contributed by atoms with van der Waals surface area (Å²) in [5, 5.41) is 11.4. The van der Waals surface area contributed by atoms with Gasteiger partial charge in [-0.3, -0.25) is 14.4 Å². The summed E-state index contributed by atoms with van der Waals surface area (Å²) in [6.45, 7) is 4.56. The maximum Gasteiger partial charge on any atom is 0.303 e. The molecule has 1 fully saturated rings. The summed E-state index contributed by atoms with van der Waals surface area (Å²) >= 11 is 0. The Morgan fingerprint density at radius 1 is 1.50 bits per heavy atom. The van der Waals surface area contributed by atoms with Gasteiger partial charge in [-0.2, -0.15) is 0 Å². The molecule has 0 radical (unpaired) electrons. The molecule has 6 heteroatoms. The first-order chi connectivity index (χ1) is 8.45. The molecule has 1 saturated heterocycles. The van der Waals surface area contributed by atoms with Crippen molar-refractivity contribution in [2.45, 2.75) is 39.2 Å². The van der Waals surface area contributed by atoms with Crippen molar-refractivity contribution >= 4 is 17.8 Å². The summed E-state index contributed by atoms with van der Waals surface area (Å²) in [4.78, 5) is 35.8. The fourth-order valence-corrected chi connectivity index (χ4v) is 2.20.